The summed E-state index contributed by atoms with van der Waals surface area (Å²) in [7, 11) is 0. The molecule has 0 aromatic heterocycles. The molecule has 0 bridgehead atoms. The van der Waals surface area contributed by atoms with Gasteiger partial charge in [-0.3, -0.25) is 10.1 Å². The number of aryl methyl sites for hydroxylation is 1. The van der Waals surface area contributed by atoms with Gasteiger partial charge in [0.2, 0.25) is 0 Å². The summed E-state index contributed by atoms with van der Waals surface area (Å²) in [6.45, 7) is 2.87. The van der Waals surface area contributed by atoms with Gasteiger partial charge >= 0.3 is 0 Å². The Morgan fingerprint density at radius 3 is 2.33 bits per heavy atom. The van der Waals surface area contributed by atoms with Crippen LogP contribution in [0.2, 0.25) is 0 Å². The second kappa shape index (κ2) is 5.65. The fourth-order valence-corrected chi connectivity index (χ4v) is 2.95. The minimum atomic E-state index is -0.394. The molecule has 0 atom stereocenters. The Morgan fingerprint density at radius 2 is 1.71 bits per heavy atom. The normalized spacial score (nSPS) is 13.0. The zero-order valence-corrected chi connectivity index (χ0v) is 12.2. The molecule has 108 valence electrons. The van der Waals surface area contributed by atoms with Gasteiger partial charge in [-0.25, -0.2) is 0 Å². The molecule has 0 fully saturated rings. The number of hydrogen-bond donors (Lipinski definition) is 0. The Labute approximate surface area is 126 Å². The molecule has 0 radical (unpaired) electrons. The van der Waals surface area contributed by atoms with Gasteiger partial charge in [0.1, 0.15) is 13.2 Å². The van der Waals surface area contributed by atoms with Crippen molar-refractivity contribution in [3.05, 3.63) is 52.1 Å². The molecule has 2 aromatic carbocycles. The van der Waals surface area contributed by atoms with Crippen LogP contribution in [-0.2, 0) is 0 Å². The highest BCUT2D eigenvalue weighted by atomic mass is 32.2. The topological polar surface area (TPSA) is 61.6 Å². The SMILES string of the molecule is Cc1ccc(Sc2cc3c(cc2[N+](=O)[O-])OCCO3)cc1. The Kier molecular flexibility index (Phi) is 3.70. The van der Waals surface area contributed by atoms with Crippen molar-refractivity contribution in [2.45, 2.75) is 16.7 Å². The Morgan fingerprint density at radius 1 is 1.10 bits per heavy atom. The van der Waals surface area contributed by atoms with Gasteiger partial charge in [-0.1, -0.05) is 29.5 Å². The highest BCUT2D eigenvalue weighted by Crippen LogP contribution is 2.43. The molecule has 0 unspecified atom stereocenters. The van der Waals surface area contributed by atoms with Crippen LogP contribution in [0.1, 0.15) is 5.56 Å². The second-order valence-corrected chi connectivity index (χ2v) is 5.75. The van der Waals surface area contributed by atoms with Crippen LogP contribution in [-0.4, -0.2) is 18.1 Å². The summed E-state index contributed by atoms with van der Waals surface area (Å²) in [5.74, 6) is 0.989. The van der Waals surface area contributed by atoms with E-state index in [2.05, 4.69) is 0 Å². The first-order valence-electron chi connectivity index (χ1n) is 6.46. The molecule has 0 saturated carbocycles. The average molecular weight is 303 g/mol. The zero-order chi connectivity index (χ0) is 14.8. The van der Waals surface area contributed by atoms with E-state index in [9.17, 15) is 10.1 Å². The first kappa shape index (κ1) is 13.8. The lowest BCUT2D eigenvalue weighted by Crippen LogP contribution is -2.15. The number of nitrogens with zero attached hydrogens (tertiary/aromatic N) is 1. The molecule has 21 heavy (non-hydrogen) atoms. The van der Waals surface area contributed by atoms with Crippen LogP contribution in [0.3, 0.4) is 0 Å². The average Bonchev–Trinajstić information content (AvgIpc) is 2.48. The van der Waals surface area contributed by atoms with E-state index in [1.54, 1.807) is 6.07 Å². The Hall–Kier alpha value is -2.21. The second-order valence-electron chi connectivity index (χ2n) is 4.64. The number of nitro benzene ring substituents is 1. The number of rotatable bonds is 3. The van der Waals surface area contributed by atoms with Crippen LogP contribution in [0, 0.1) is 17.0 Å². The monoisotopic (exact) mass is 303 g/mol. The molecule has 2 aromatic rings. The Bertz CT molecular complexity index is 685. The van der Waals surface area contributed by atoms with E-state index >= 15 is 0 Å². The smallest absolute Gasteiger partial charge is 0.287 e. The van der Waals surface area contributed by atoms with Gasteiger partial charge in [-0.15, -0.1) is 0 Å². The summed E-state index contributed by atoms with van der Waals surface area (Å²) in [5.41, 5.74) is 1.18. The highest BCUT2D eigenvalue weighted by molar-refractivity contribution is 7.99. The summed E-state index contributed by atoms with van der Waals surface area (Å²) >= 11 is 1.35. The van der Waals surface area contributed by atoms with E-state index in [0.717, 1.165) is 10.5 Å². The number of ether oxygens (including phenoxy) is 2. The molecule has 0 N–H and O–H groups in total. The molecule has 0 amide bonds. The molecule has 0 saturated heterocycles. The highest BCUT2D eigenvalue weighted by Gasteiger charge is 2.22. The van der Waals surface area contributed by atoms with Gasteiger partial charge in [0, 0.05) is 11.0 Å². The minimum Gasteiger partial charge on any atom is -0.486 e. The quantitative estimate of drug-likeness (QED) is 0.637. The third kappa shape index (κ3) is 2.95. The standard InChI is InChI=1S/C15H13NO4S/c1-10-2-4-11(5-3-10)21-15-9-14-13(19-6-7-20-14)8-12(15)16(17)18/h2-5,8-9H,6-7H2,1H3. The molecule has 1 aliphatic heterocycles. The van der Waals surface area contributed by atoms with Gasteiger partial charge in [-0.2, -0.15) is 0 Å². The van der Waals surface area contributed by atoms with Crippen LogP contribution < -0.4 is 9.47 Å². The van der Waals surface area contributed by atoms with E-state index in [1.807, 2.05) is 31.2 Å². The first-order valence-corrected chi connectivity index (χ1v) is 7.28. The van der Waals surface area contributed by atoms with Crippen molar-refractivity contribution < 1.29 is 14.4 Å². The largest absolute Gasteiger partial charge is 0.486 e. The summed E-state index contributed by atoms with van der Waals surface area (Å²) in [6.07, 6.45) is 0. The van der Waals surface area contributed by atoms with Crippen molar-refractivity contribution in [2.24, 2.45) is 0 Å². The first-order chi connectivity index (χ1) is 10.1. The summed E-state index contributed by atoms with van der Waals surface area (Å²) in [4.78, 5) is 12.3. The van der Waals surface area contributed by atoms with Crippen molar-refractivity contribution in [1.82, 2.24) is 0 Å². The lowest BCUT2D eigenvalue weighted by atomic mass is 10.2. The van der Waals surface area contributed by atoms with Gasteiger partial charge in [-0.05, 0) is 19.1 Å². The van der Waals surface area contributed by atoms with E-state index in [1.165, 1.54) is 17.8 Å². The summed E-state index contributed by atoms with van der Waals surface area (Å²) < 4.78 is 10.9. The lowest BCUT2D eigenvalue weighted by molar-refractivity contribution is -0.387. The fraction of sp³-hybridized carbons (Fsp3) is 0.200. The van der Waals surface area contributed by atoms with E-state index in [-0.39, 0.29) is 5.69 Å². The molecule has 1 aliphatic rings. The molecule has 3 rings (SSSR count). The number of benzene rings is 2. The maximum absolute atomic E-state index is 11.2. The van der Waals surface area contributed by atoms with Gasteiger partial charge in [0.05, 0.1) is 15.9 Å². The molecule has 1 heterocycles. The molecular weight excluding hydrogens is 290 g/mol. The van der Waals surface area contributed by atoms with E-state index < -0.39 is 4.92 Å². The molecule has 0 spiro atoms. The van der Waals surface area contributed by atoms with Crippen molar-refractivity contribution in [3.63, 3.8) is 0 Å². The van der Waals surface area contributed by atoms with Gasteiger partial charge in [0.25, 0.3) is 5.69 Å². The minimum absolute atomic E-state index is 0.0322. The zero-order valence-electron chi connectivity index (χ0n) is 11.4. The Balaban J connectivity index is 1.99. The summed E-state index contributed by atoms with van der Waals surface area (Å²) in [5, 5.41) is 11.2. The van der Waals surface area contributed by atoms with Crippen molar-refractivity contribution in [2.75, 3.05) is 13.2 Å². The molecule has 5 nitrogen and oxygen atoms in total. The lowest BCUT2D eigenvalue weighted by Gasteiger charge is -2.18. The van der Waals surface area contributed by atoms with Crippen LogP contribution in [0.25, 0.3) is 0 Å². The maximum atomic E-state index is 11.2. The predicted octanol–water partition coefficient (Wildman–Crippen LogP) is 3.83. The number of nitro groups is 1. The molecule has 6 heteroatoms. The van der Waals surface area contributed by atoms with Crippen LogP contribution in [0.5, 0.6) is 11.5 Å². The maximum Gasteiger partial charge on any atom is 0.287 e. The number of fused-ring (bicyclic) bond motifs is 1. The van der Waals surface area contributed by atoms with Crippen molar-refractivity contribution in [1.29, 1.82) is 0 Å². The molecular formula is C15H13NO4S. The third-order valence-electron chi connectivity index (χ3n) is 3.07. The third-order valence-corrected chi connectivity index (χ3v) is 4.12. The van der Waals surface area contributed by atoms with Crippen molar-refractivity contribution in [3.8, 4) is 11.5 Å². The van der Waals surface area contributed by atoms with E-state index in [4.69, 9.17) is 9.47 Å². The number of hydrogen-bond acceptors (Lipinski definition) is 5. The van der Waals surface area contributed by atoms with Crippen LogP contribution in [0.4, 0.5) is 5.69 Å². The fourth-order valence-electron chi connectivity index (χ4n) is 2.02. The van der Waals surface area contributed by atoms with E-state index in [0.29, 0.717) is 29.6 Å². The van der Waals surface area contributed by atoms with Crippen molar-refractivity contribution >= 4 is 17.4 Å². The van der Waals surface area contributed by atoms with Gasteiger partial charge < -0.3 is 9.47 Å². The van der Waals surface area contributed by atoms with Crippen LogP contribution in [0.15, 0.2) is 46.2 Å². The van der Waals surface area contributed by atoms with Gasteiger partial charge in [0.15, 0.2) is 11.5 Å². The predicted molar refractivity (Wildman–Crippen MR) is 79.4 cm³/mol. The summed E-state index contributed by atoms with van der Waals surface area (Å²) in [6, 6.07) is 11.0. The van der Waals surface area contributed by atoms with Crippen LogP contribution >= 0.6 is 11.8 Å². The molecule has 0 aliphatic carbocycles.